The summed E-state index contributed by atoms with van der Waals surface area (Å²) in [4.78, 5) is 0. The van der Waals surface area contributed by atoms with Crippen molar-refractivity contribution in [3.63, 3.8) is 0 Å². The van der Waals surface area contributed by atoms with Crippen molar-refractivity contribution in [3.8, 4) is 0 Å². The third-order valence-corrected chi connectivity index (χ3v) is 7.45. The summed E-state index contributed by atoms with van der Waals surface area (Å²) < 4.78 is 5.73. The third-order valence-electron chi connectivity index (χ3n) is 7.45. The molecule has 1 aromatic carbocycles. The summed E-state index contributed by atoms with van der Waals surface area (Å²) in [5, 5.41) is 0. The van der Waals surface area contributed by atoms with Gasteiger partial charge in [-0.1, -0.05) is 62.3 Å². The Kier molecular flexibility index (Phi) is 9.54. The fraction of sp³-hybridized carbons (Fsp3) is 0.643. The van der Waals surface area contributed by atoms with Crippen LogP contribution in [0.4, 0.5) is 0 Å². The van der Waals surface area contributed by atoms with E-state index in [0.717, 1.165) is 43.3 Å². The highest BCUT2D eigenvalue weighted by Gasteiger charge is 2.31. The molecule has 0 radical (unpaired) electrons. The molecule has 0 saturated heterocycles. The van der Waals surface area contributed by atoms with Crippen LogP contribution in [0.25, 0.3) is 0 Å². The maximum absolute atomic E-state index is 5.73. The van der Waals surface area contributed by atoms with Crippen molar-refractivity contribution in [2.24, 2.45) is 17.8 Å². The van der Waals surface area contributed by atoms with E-state index in [1.54, 1.807) is 5.56 Å². The summed E-state index contributed by atoms with van der Waals surface area (Å²) in [7, 11) is 0. The van der Waals surface area contributed by atoms with Crippen LogP contribution in [0, 0.1) is 17.8 Å². The summed E-state index contributed by atoms with van der Waals surface area (Å²) in [6.45, 7) is 7.47. The first kappa shape index (κ1) is 22.3. The van der Waals surface area contributed by atoms with E-state index < -0.39 is 0 Å². The second-order valence-corrected chi connectivity index (χ2v) is 9.39. The minimum Gasteiger partial charge on any atom is -0.373 e. The summed E-state index contributed by atoms with van der Waals surface area (Å²) in [5.41, 5.74) is 2.84. The van der Waals surface area contributed by atoms with Gasteiger partial charge in [0.15, 0.2) is 0 Å². The van der Waals surface area contributed by atoms with Crippen molar-refractivity contribution in [1.82, 2.24) is 0 Å². The summed E-state index contributed by atoms with van der Waals surface area (Å²) >= 11 is 0. The molecular formula is C28H42O. The molecule has 0 aromatic heterocycles. The van der Waals surface area contributed by atoms with E-state index in [0.29, 0.717) is 0 Å². The largest absolute Gasteiger partial charge is 0.373 e. The Bertz CT molecular complexity index is 598. The van der Waals surface area contributed by atoms with Gasteiger partial charge >= 0.3 is 0 Å². The van der Waals surface area contributed by atoms with Gasteiger partial charge in [-0.2, -0.15) is 0 Å². The number of allylic oxidation sites excluding steroid dienone is 2. The van der Waals surface area contributed by atoms with Gasteiger partial charge in [-0.05, 0) is 92.6 Å². The summed E-state index contributed by atoms with van der Waals surface area (Å²) in [6, 6.07) is 9.26. The van der Waals surface area contributed by atoms with Crippen LogP contribution in [0.5, 0.6) is 0 Å². The standard InChI is InChI=1S/C28H42O/c1-3-5-7-21-29-22-24-11-15-26(16-12-24)28-19-17-27(18-20-28)25-13-9-23(10-14-25)8-6-4-2/h4-5,7,11-12,15-16,23,25,27-28H,2-3,6,8-10,13-14,17-22H2,1H3/t23-,25-,27-,28-. The lowest BCUT2D eigenvalue weighted by molar-refractivity contribution is 0.148. The van der Waals surface area contributed by atoms with Crippen LogP contribution < -0.4 is 0 Å². The van der Waals surface area contributed by atoms with Gasteiger partial charge in [0, 0.05) is 0 Å². The monoisotopic (exact) mass is 394 g/mol. The average Bonchev–Trinajstić information content (AvgIpc) is 2.78. The van der Waals surface area contributed by atoms with Crippen molar-refractivity contribution in [2.75, 3.05) is 6.61 Å². The number of rotatable bonds is 10. The lowest BCUT2D eigenvalue weighted by Crippen LogP contribution is -2.25. The van der Waals surface area contributed by atoms with Crippen LogP contribution in [0.2, 0.25) is 0 Å². The molecule has 0 heterocycles. The molecule has 1 nitrogen and oxygen atoms in total. The fourth-order valence-electron chi connectivity index (χ4n) is 5.59. The number of hydrogen-bond acceptors (Lipinski definition) is 1. The van der Waals surface area contributed by atoms with E-state index in [1.807, 2.05) is 0 Å². The van der Waals surface area contributed by atoms with Crippen LogP contribution in [0.3, 0.4) is 0 Å². The number of ether oxygens (including phenoxy) is 1. The Labute approximate surface area is 179 Å². The molecule has 0 aliphatic heterocycles. The molecule has 2 fully saturated rings. The first-order chi connectivity index (χ1) is 14.3. The molecule has 2 aliphatic carbocycles. The van der Waals surface area contributed by atoms with Crippen molar-refractivity contribution in [2.45, 2.75) is 90.1 Å². The molecule has 0 unspecified atom stereocenters. The highest BCUT2D eigenvalue weighted by Crippen LogP contribution is 2.44. The zero-order valence-corrected chi connectivity index (χ0v) is 18.7. The molecule has 0 atom stereocenters. The van der Waals surface area contributed by atoms with Crippen LogP contribution in [0.1, 0.15) is 94.6 Å². The Balaban J connectivity index is 1.38. The third kappa shape index (κ3) is 7.14. The smallest absolute Gasteiger partial charge is 0.0721 e. The highest BCUT2D eigenvalue weighted by molar-refractivity contribution is 5.25. The molecule has 2 saturated carbocycles. The maximum Gasteiger partial charge on any atom is 0.0721 e. The minimum absolute atomic E-state index is 0.718. The van der Waals surface area contributed by atoms with Gasteiger partial charge in [0.25, 0.3) is 0 Å². The molecule has 0 amide bonds. The van der Waals surface area contributed by atoms with Gasteiger partial charge in [0.2, 0.25) is 0 Å². The molecule has 3 rings (SSSR count). The predicted molar refractivity (Wildman–Crippen MR) is 125 cm³/mol. The van der Waals surface area contributed by atoms with E-state index in [4.69, 9.17) is 4.74 Å². The van der Waals surface area contributed by atoms with E-state index >= 15 is 0 Å². The normalized spacial score (nSPS) is 27.9. The molecule has 0 N–H and O–H groups in total. The van der Waals surface area contributed by atoms with E-state index in [-0.39, 0.29) is 0 Å². The molecule has 29 heavy (non-hydrogen) atoms. The molecule has 2 aliphatic rings. The van der Waals surface area contributed by atoms with Crippen LogP contribution in [-0.4, -0.2) is 6.61 Å². The van der Waals surface area contributed by atoms with Crippen LogP contribution in [-0.2, 0) is 11.3 Å². The molecule has 0 spiro atoms. The van der Waals surface area contributed by atoms with Gasteiger partial charge < -0.3 is 4.74 Å². The van der Waals surface area contributed by atoms with Crippen molar-refractivity contribution in [1.29, 1.82) is 0 Å². The van der Waals surface area contributed by atoms with Crippen molar-refractivity contribution >= 4 is 0 Å². The number of benzene rings is 1. The zero-order valence-electron chi connectivity index (χ0n) is 18.7. The van der Waals surface area contributed by atoms with Gasteiger partial charge in [-0.15, -0.1) is 6.58 Å². The lowest BCUT2D eigenvalue weighted by Gasteiger charge is -2.38. The Morgan fingerprint density at radius 3 is 2.17 bits per heavy atom. The molecule has 160 valence electrons. The SMILES string of the molecule is C=CCC[C@H]1CC[C@H]([C@H]2CC[C@H](c3ccc(COCC=CCC)cc3)CC2)CC1. The van der Waals surface area contributed by atoms with Gasteiger partial charge in [-0.25, -0.2) is 0 Å². The summed E-state index contributed by atoms with van der Waals surface area (Å²) in [6.07, 6.45) is 21.6. The van der Waals surface area contributed by atoms with Crippen LogP contribution >= 0.6 is 0 Å². The molecular weight excluding hydrogens is 352 g/mol. The highest BCUT2D eigenvalue weighted by atomic mass is 16.5. The molecule has 1 aromatic rings. The number of hydrogen-bond donors (Lipinski definition) is 0. The topological polar surface area (TPSA) is 9.23 Å². The fourth-order valence-corrected chi connectivity index (χ4v) is 5.59. The molecule has 1 heteroatoms. The first-order valence-electron chi connectivity index (χ1n) is 12.2. The molecule has 0 bridgehead atoms. The second-order valence-electron chi connectivity index (χ2n) is 9.39. The maximum atomic E-state index is 5.73. The summed E-state index contributed by atoms with van der Waals surface area (Å²) in [5.74, 6) is 3.76. The van der Waals surface area contributed by atoms with E-state index in [1.165, 1.54) is 69.8 Å². The van der Waals surface area contributed by atoms with E-state index in [2.05, 4.69) is 56.0 Å². The Hall–Kier alpha value is -1.34. The minimum atomic E-state index is 0.718. The van der Waals surface area contributed by atoms with Crippen molar-refractivity contribution < 1.29 is 4.74 Å². The quantitative estimate of drug-likeness (QED) is 0.287. The van der Waals surface area contributed by atoms with E-state index in [9.17, 15) is 0 Å². The zero-order chi connectivity index (χ0) is 20.3. The predicted octanol–water partition coefficient (Wildman–Crippen LogP) is 8.22. The van der Waals surface area contributed by atoms with Gasteiger partial charge in [0.05, 0.1) is 13.2 Å². The Morgan fingerprint density at radius 1 is 0.897 bits per heavy atom. The Morgan fingerprint density at radius 2 is 1.55 bits per heavy atom. The van der Waals surface area contributed by atoms with Crippen LogP contribution in [0.15, 0.2) is 49.1 Å². The van der Waals surface area contributed by atoms with Gasteiger partial charge in [-0.3, -0.25) is 0 Å². The lowest BCUT2D eigenvalue weighted by atomic mass is 9.68. The van der Waals surface area contributed by atoms with Crippen molar-refractivity contribution in [3.05, 3.63) is 60.2 Å². The van der Waals surface area contributed by atoms with Gasteiger partial charge in [0.1, 0.15) is 0 Å². The first-order valence-corrected chi connectivity index (χ1v) is 12.2. The second kappa shape index (κ2) is 12.4. The average molecular weight is 395 g/mol.